The number of amides is 1. The third-order valence-electron chi connectivity index (χ3n) is 3.37. The van der Waals surface area contributed by atoms with Gasteiger partial charge in [-0.25, -0.2) is 18.2 Å². The standard InChI is InChI=1S/C11H12N4O4S/c12-20(17,18)8-4-10(16)15(6-8)5-7-2-1-3-9-11(7)14-19-13-9/h1-3,8H,4-6H2,(H2,12,17,18). The zero-order valence-corrected chi connectivity index (χ0v) is 11.2. The summed E-state index contributed by atoms with van der Waals surface area (Å²) in [5.74, 6) is -0.238. The number of aromatic nitrogens is 2. The fourth-order valence-corrected chi connectivity index (χ4v) is 3.07. The summed E-state index contributed by atoms with van der Waals surface area (Å²) in [6, 6.07) is 5.32. The zero-order valence-electron chi connectivity index (χ0n) is 10.4. The van der Waals surface area contributed by atoms with Crippen LogP contribution in [-0.4, -0.2) is 41.3 Å². The minimum absolute atomic E-state index is 0.0775. The average Bonchev–Trinajstić information content (AvgIpc) is 2.96. The van der Waals surface area contributed by atoms with Crippen LogP contribution in [0.1, 0.15) is 12.0 Å². The van der Waals surface area contributed by atoms with E-state index >= 15 is 0 Å². The molecule has 1 aromatic carbocycles. The van der Waals surface area contributed by atoms with E-state index < -0.39 is 15.3 Å². The molecule has 0 spiro atoms. The lowest BCUT2D eigenvalue weighted by Crippen LogP contribution is -2.31. The molecule has 3 rings (SSSR count). The first-order valence-corrected chi connectivity index (χ1v) is 7.55. The van der Waals surface area contributed by atoms with E-state index in [9.17, 15) is 13.2 Å². The van der Waals surface area contributed by atoms with E-state index in [2.05, 4.69) is 14.9 Å². The first-order chi connectivity index (χ1) is 9.45. The maximum absolute atomic E-state index is 11.9. The summed E-state index contributed by atoms with van der Waals surface area (Å²) in [5, 5.41) is 11.8. The number of carbonyl (C=O) groups is 1. The van der Waals surface area contributed by atoms with Crippen LogP contribution < -0.4 is 5.14 Å². The van der Waals surface area contributed by atoms with Crippen molar-refractivity contribution in [3.63, 3.8) is 0 Å². The van der Waals surface area contributed by atoms with Gasteiger partial charge in [-0.3, -0.25) is 4.79 Å². The van der Waals surface area contributed by atoms with Crippen LogP contribution in [-0.2, 0) is 21.4 Å². The molecule has 8 nitrogen and oxygen atoms in total. The topological polar surface area (TPSA) is 119 Å². The number of nitrogens with two attached hydrogens (primary N) is 1. The molecule has 2 N–H and O–H groups in total. The minimum Gasteiger partial charge on any atom is -0.337 e. The number of likely N-dealkylation sites (tertiary alicyclic amines) is 1. The molecule has 2 heterocycles. The number of hydrogen-bond donors (Lipinski definition) is 1. The number of rotatable bonds is 3. The van der Waals surface area contributed by atoms with Crippen molar-refractivity contribution in [1.29, 1.82) is 0 Å². The third-order valence-corrected chi connectivity index (χ3v) is 4.62. The van der Waals surface area contributed by atoms with Gasteiger partial charge < -0.3 is 4.90 Å². The van der Waals surface area contributed by atoms with Gasteiger partial charge in [0.2, 0.25) is 15.9 Å². The summed E-state index contributed by atoms with van der Waals surface area (Å²) in [7, 11) is -3.70. The van der Waals surface area contributed by atoms with Crippen molar-refractivity contribution in [2.24, 2.45) is 5.14 Å². The molecule has 9 heteroatoms. The average molecular weight is 296 g/mol. The number of benzene rings is 1. The van der Waals surface area contributed by atoms with Gasteiger partial charge in [0, 0.05) is 25.1 Å². The monoisotopic (exact) mass is 296 g/mol. The van der Waals surface area contributed by atoms with E-state index in [0.29, 0.717) is 11.0 Å². The number of nitrogens with zero attached hydrogens (tertiary/aromatic N) is 3. The Bertz CT molecular complexity index is 770. The second-order valence-corrected chi connectivity index (χ2v) is 6.58. The highest BCUT2D eigenvalue weighted by atomic mass is 32.2. The summed E-state index contributed by atoms with van der Waals surface area (Å²) in [6.45, 7) is 0.357. The lowest BCUT2D eigenvalue weighted by Gasteiger charge is -2.16. The molecule has 1 amide bonds. The van der Waals surface area contributed by atoms with Crippen molar-refractivity contribution in [2.75, 3.05) is 6.54 Å². The Balaban J connectivity index is 1.85. The number of primary sulfonamides is 1. The molecule has 1 aromatic heterocycles. The van der Waals surface area contributed by atoms with E-state index in [1.54, 1.807) is 18.2 Å². The van der Waals surface area contributed by atoms with Crippen LogP contribution in [0.2, 0.25) is 0 Å². The number of hydrogen-bond acceptors (Lipinski definition) is 6. The molecule has 1 aliphatic heterocycles. The summed E-state index contributed by atoms with van der Waals surface area (Å²) in [5.41, 5.74) is 1.92. The number of carbonyl (C=O) groups excluding carboxylic acids is 1. The summed E-state index contributed by atoms with van der Waals surface area (Å²) in [6.07, 6.45) is -0.0775. The Hall–Kier alpha value is -2.00. The Morgan fingerprint density at radius 2 is 2.20 bits per heavy atom. The van der Waals surface area contributed by atoms with Gasteiger partial charge in [-0.1, -0.05) is 12.1 Å². The molecule has 20 heavy (non-hydrogen) atoms. The highest BCUT2D eigenvalue weighted by Gasteiger charge is 2.36. The minimum atomic E-state index is -3.70. The van der Waals surface area contributed by atoms with E-state index in [1.807, 2.05) is 0 Å². The van der Waals surface area contributed by atoms with Gasteiger partial charge in [0.1, 0.15) is 16.3 Å². The normalized spacial score (nSPS) is 19.9. The van der Waals surface area contributed by atoms with Crippen LogP contribution in [0.25, 0.3) is 11.0 Å². The molecular formula is C11H12N4O4S. The molecule has 1 aliphatic rings. The van der Waals surface area contributed by atoms with Crippen LogP contribution in [0.5, 0.6) is 0 Å². The van der Waals surface area contributed by atoms with Crippen molar-refractivity contribution in [3.05, 3.63) is 23.8 Å². The van der Waals surface area contributed by atoms with Crippen molar-refractivity contribution < 1.29 is 17.8 Å². The summed E-state index contributed by atoms with van der Waals surface area (Å²) < 4.78 is 27.3. The van der Waals surface area contributed by atoms with Crippen molar-refractivity contribution in [1.82, 2.24) is 15.2 Å². The second kappa shape index (κ2) is 4.53. The molecule has 106 valence electrons. The van der Waals surface area contributed by atoms with Crippen LogP contribution in [0.15, 0.2) is 22.8 Å². The van der Waals surface area contributed by atoms with Crippen LogP contribution in [0.4, 0.5) is 0 Å². The fraction of sp³-hybridized carbons (Fsp3) is 0.364. The largest absolute Gasteiger partial charge is 0.337 e. The molecular weight excluding hydrogens is 284 g/mol. The predicted molar refractivity (Wildman–Crippen MR) is 68.7 cm³/mol. The van der Waals surface area contributed by atoms with Gasteiger partial charge in [-0.15, -0.1) is 0 Å². The van der Waals surface area contributed by atoms with E-state index in [4.69, 9.17) is 5.14 Å². The molecule has 0 aliphatic carbocycles. The Morgan fingerprint density at radius 1 is 1.40 bits per heavy atom. The van der Waals surface area contributed by atoms with Gasteiger partial charge in [-0.2, -0.15) is 0 Å². The molecule has 0 saturated carbocycles. The highest BCUT2D eigenvalue weighted by Crippen LogP contribution is 2.22. The Labute approximate surface area is 114 Å². The number of sulfonamides is 1. The lowest BCUT2D eigenvalue weighted by atomic mass is 10.2. The Kier molecular flexibility index (Phi) is 2.94. The molecule has 0 radical (unpaired) electrons. The molecule has 1 fully saturated rings. The first-order valence-electron chi connectivity index (χ1n) is 5.94. The van der Waals surface area contributed by atoms with Crippen molar-refractivity contribution >= 4 is 27.0 Å². The molecule has 2 aromatic rings. The zero-order chi connectivity index (χ0) is 14.3. The molecule has 0 bridgehead atoms. The first kappa shape index (κ1) is 13.0. The van der Waals surface area contributed by atoms with Crippen LogP contribution in [0.3, 0.4) is 0 Å². The maximum atomic E-state index is 11.9. The third kappa shape index (κ3) is 2.25. The lowest BCUT2D eigenvalue weighted by molar-refractivity contribution is -0.128. The molecule has 1 atom stereocenters. The van der Waals surface area contributed by atoms with Gasteiger partial charge in [0.25, 0.3) is 0 Å². The Morgan fingerprint density at radius 3 is 2.90 bits per heavy atom. The van der Waals surface area contributed by atoms with Gasteiger partial charge >= 0.3 is 0 Å². The second-order valence-electron chi connectivity index (χ2n) is 4.74. The van der Waals surface area contributed by atoms with Gasteiger partial charge in [0.15, 0.2) is 0 Å². The summed E-state index contributed by atoms with van der Waals surface area (Å²) >= 11 is 0. The fourth-order valence-electron chi connectivity index (χ4n) is 2.30. The van der Waals surface area contributed by atoms with E-state index in [1.165, 1.54) is 4.90 Å². The SMILES string of the molecule is NS(=O)(=O)C1CC(=O)N(Cc2cccc3nonc23)C1. The van der Waals surface area contributed by atoms with Crippen LogP contribution >= 0.6 is 0 Å². The predicted octanol–water partition coefficient (Wildman–Crippen LogP) is -0.388. The van der Waals surface area contributed by atoms with Crippen molar-refractivity contribution in [2.45, 2.75) is 18.2 Å². The van der Waals surface area contributed by atoms with Gasteiger partial charge in [0.05, 0.1) is 0 Å². The summed E-state index contributed by atoms with van der Waals surface area (Å²) in [4.78, 5) is 13.3. The van der Waals surface area contributed by atoms with Crippen molar-refractivity contribution in [3.8, 4) is 0 Å². The maximum Gasteiger partial charge on any atom is 0.224 e. The highest BCUT2D eigenvalue weighted by molar-refractivity contribution is 7.89. The smallest absolute Gasteiger partial charge is 0.224 e. The van der Waals surface area contributed by atoms with Crippen LogP contribution in [0, 0.1) is 0 Å². The van der Waals surface area contributed by atoms with Gasteiger partial charge in [-0.05, 0) is 16.4 Å². The quantitative estimate of drug-likeness (QED) is 0.824. The number of fused-ring (bicyclic) bond motifs is 1. The molecule has 1 saturated heterocycles. The molecule has 1 unspecified atom stereocenters. The van der Waals surface area contributed by atoms with E-state index in [0.717, 1.165) is 5.56 Å². The van der Waals surface area contributed by atoms with E-state index in [-0.39, 0.29) is 25.4 Å².